The molecule has 43 heavy (non-hydrogen) atoms. The lowest BCUT2D eigenvalue weighted by atomic mass is 10.0. The molecule has 0 unspecified atom stereocenters. The molecule has 228 valence electrons. The summed E-state index contributed by atoms with van der Waals surface area (Å²) in [5.74, 6) is 0.612. The number of piperazine rings is 1. The van der Waals surface area contributed by atoms with Gasteiger partial charge < -0.3 is 20.3 Å². The zero-order valence-electron chi connectivity index (χ0n) is 24.7. The highest BCUT2D eigenvalue weighted by Crippen LogP contribution is 2.32. The van der Waals surface area contributed by atoms with Gasteiger partial charge in [-0.1, -0.05) is 60.5 Å². The average molecular weight is 624 g/mol. The van der Waals surface area contributed by atoms with E-state index < -0.39 is 6.04 Å². The van der Waals surface area contributed by atoms with E-state index in [2.05, 4.69) is 23.6 Å². The van der Waals surface area contributed by atoms with Crippen molar-refractivity contribution in [2.24, 2.45) is 0 Å². The van der Waals surface area contributed by atoms with Crippen LogP contribution in [0.3, 0.4) is 0 Å². The summed E-state index contributed by atoms with van der Waals surface area (Å²) in [6.07, 6.45) is 4.51. The van der Waals surface area contributed by atoms with Gasteiger partial charge in [-0.05, 0) is 98.3 Å². The van der Waals surface area contributed by atoms with Crippen molar-refractivity contribution in [3.05, 3.63) is 93.5 Å². The smallest absolute Gasteiger partial charge is 0.247 e. The van der Waals surface area contributed by atoms with E-state index in [9.17, 15) is 9.59 Å². The number of carbonyl (C=O) groups excluding carboxylic acids is 2. The second-order valence-corrected chi connectivity index (χ2v) is 12.1. The lowest BCUT2D eigenvalue weighted by molar-refractivity contribution is -0.136. The van der Waals surface area contributed by atoms with Gasteiger partial charge in [0.1, 0.15) is 11.8 Å². The predicted molar refractivity (Wildman–Crippen MR) is 173 cm³/mol. The maximum atomic E-state index is 14.1. The molecule has 3 aromatic rings. The van der Waals surface area contributed by atoms with Crippen molar-refractivity contribution in [3.63, 3.8) is 0 Å². The second kappa shape index (κ2) is 15.1. The molecule has 5 rings (SSSR count). The molecule has 7 nitrogen and oxygen atoms in total. The van der Waals surface area contributed by atoms with Crippen LogP contribution in [0, 0.1) is 0 Å². The summed E-state index contributed by atoms with van der Waals surface area (Å²) in [7, 11) is 0. The molecular formula is C34H40Cl2N4O3. The number of likely N-dealkylation sites (N-methyl/N-ethyl adjacent to an activating group) is 1. The van der Waals surface area contributed by atoms with E-state index in [1.165, 1.54) is 5.56 Å². The molecule has 3 aromatic carbocycles. The van der Waals surface area contributed by atoms with Gasteiger partial charge in [-0.3, -0.25) is 14.5 Å². The fourth-order valence-electron chi connectivity index (χ4n) is 5.50. The van der Waals surface area contributed by atoms with Crippen LogP contribution in [0.2, 0.25) is 10.0 Å². The standard InChI is InChI=1S/C34H40Cl2N4O3/c1-2-37-17-16-25-10-15-31(36)26(19-25)23-39(28-13-14-28)34(42)32-21-38-22-33(41)40(32)29-11-8-24(9-12-29)5-4-18-43-30-7-3-6-27(35)20-30/h3,6-12,15,19-20,28,32,37-38H,2,4-5,13-14,16-18,21-23H2,1H3/t32-/m1/s1. The van der Waals surface area contributed by atoms with Gasteiger partial charge in [-0.2, -0.15) is 0 Å². The first kappa shape index (κ1) is 31.3. The maximum absolute atomic E-state index is 14.1. The Kier molecular flexibility index (Phi) is 11.0. The molecule has 1 aliphatic heterocycles. The number of benzene rings is 3. The number of nitrogens with one attached hydrogen (secondary N) is 2. The number of hydrogen-bond acceptors (Lipinski definition) is 5. The molecule has 2 amide bonds. The Morgan fingerprint density at radius 3 is 2.58 bits per heavy atom. The Morgan fingerprint density at radius 1 is 1.05 bits per heavy atom. The number of carbonyl (C=O) groups is 2. The third kappa shape index (κ3) is 8.51. The van der Waals surface area contributed by atoms with Gasteiger partial charge in [0.25, 0.3) is 0 Å². The second-order valence-electron chi connectivity index (χ2n) is 11.2. The van der Waals surface area contributed by atoms with E-state index in [-0.39, 0.29) is 24.4 Å². The van der Waals surface area contributed by atoms with Crippen LogP contribution < -0.4 is 20.3 Å². The molecule has 2 N–H and O–H groups in total. The summed E-state index contributed by atoms with van der Waals surface area (Å²) in [6, 6.07) is 21.0. The Bertz CT molecular complexity index is 1400. The van der Waals surface area contributed by atoms with Gasteiger partial charge in [-0.25, -0.2) is 0 Å². The van der Waals surface area contributed by atoms with Crippen LogP contribution in [0.1, 0.15) is 42.9 Å². The molecular weight excluding hydrogens is 583 g/mol. The predicted octanol–water partition coefficient (Wildman–Crippen LogP) is 5.65. The van der Waals surface area contributed by atoms with Crippen molar-refractivity contribution in [1.29, 1.82) is 0 Å². The fraction of sp³-hybridized carbons (Fsp3) is 0.412. The number of ether oxygens (including phenoxy) is 1. The monoisotopic (exact) mass is 622 g/mol. The van der Waals surface area contributed by atoms with Crippen LogP contribution in [-0.2, 0) is 29.0 Å². The molecule has 1 heterocycles. The molecule has 0 aromatic heterocycles. The summed E-state index contributed by atoms with van der Waals surface area (Å²) >= 11 is 12.7. The van der Waals surface area contributed by atoms with E-state index in [1.54, 1.807) is 11.0 Å². The van der Waals surface area contributed by atoms with Crippen molar-refractivity contribution in [2.45, 2.75) is 57.7 Å². The molecule has 0 spiro atoms. The zero-order valence-corrected chi connectivity index (χ0v) is 26.2. The Morgan fingerprint density at radius 2 is 1.84 bits per heavy atom. The summed E-state index contributed by atoms with van der Waals surface area (Å²) in [4.78, 5) is 30.9. The van der Waals surface area contributed by atoms with E-state index in [0.29, 0.717) is 29.7 Å². The topological polar surface area (TPSA) is 73.9 Å². The molecule has 9 heteroatoms. The van der Waals surface area contributed by atoms with E-state index in [0.717, 1.165) is 67.8 Å². The van der Waals surface area contributed by atoms with Gasteiger partial charge in [0.05, 0.1) is 13.2 Å². The third-order valence-electron chi connectivity index (χ3n) is 7.93. The third-order valence-corrected chi connectivity index (χ3v) is 8.53. The number of amides is 2. The van der Waals surface area contributed by atoms with Gasteiger partial charge in [0.2, 0.25) is 11.8 Å². The quantitative estimate of drug-likeness (QED) is 0.227. The van der Waals surface area contributed by atoms with Gasteiger partial charge in [-0.15, -0.1) is 0 Å². The fourth-order valence-corrected chi connectivity index (χ4v) is 5.85. The molecule has 1 aliphatic carbocycles. The highest BCUT2D eigenvalue weighted by molar-refractivity contribution is 6.31. The number of hydrogen-bond donors (Lipinski definition) is 2. The van der Waals surface area contributed by atoms with Crippen molar-refractivity contribution in [2.75, 3.05) is 37.7 Å². The Labute approximate surface area is 264 Å². The van der Waals surface area contributed by atoms with Crippen LogP contribution in [0.15, 0.2) is 66.7 Å². The first-order chi connectivity index (χ1) is 20.9. The average Bonchev–Trinajstić information content (AvgIpc) is 3.85. The van der Waals surface area contributed by atoms with Crippen LogP contribution in [-0.4, -0.2) is 61.6 Å². The number of anilines is 1. The van der Waals surface area contributed by atoms with Crippen molar-refractivity contribution in [1.82, 2.24) is 15.5 Å². The van der Waals surface area contributed by atoms with Crippen molar-refractivity contribution in [3.8, 4) is 5.75 Å². The van der Waals surface area contributed by atoms with Crippen LogP contribution in [0.5, 0.6) is 5.75 Å². The summed E-state index contributed by atoms with van der Waals surface area (Å²) in [5.41, 5.74) is 4.02. The first-order valence-electron chi connectivity index (χ1n) is 15.2. The minimum atomic E-state index is -0.616. The number of aryl methyl sites for hydroxylation is 1. The lowest BCUT2D eigenvalue weighted by Crippen LogP contribution is -2.61. The van der Waals surface area contributed by atoms with Gasteiger partial charge in [0, 0.05) is 34.9 Å². The summed E-state index contributed by atoms with van der Waals surface area (Å²) in [5, 5.41) is 7.83. The molecule has 1 saturated carbocycles. The van der Waals surface area contributed by atoms with Crippen LogP contribution in [0.25, 0.3) is 0 Å². The Balaban J connectivity index is 1.24. The largest absolute Gasteiger partial charge is 0.494 e. The minimum Gasteiger partial charge on any atom is -0.494 e. The molecule has 1 atom stereocenters. The number of nitrogens with zero attached hydrogens (tertiary/aromatic N) is 2. The highest BCUT2D eigenvalue weighted by atomic mass is 35.5. The SMILES string of the molecule is CCNCCc1ccc(Cl)c(CN(C(=O)[C@H]2CNCC(=O)N2c2ccc(CCCOc3cccc(Cl)c3)cc2)C2CC2)c1. The van der Waals surface area contributed by atoms with E-state index in [4.69, 9.17) is 27.9 Å². The molecule has 1 saturated heterocycles. The van der Waals surface area contributed by atoms with Crippen LogP contribution in [0.4, 0.5) is 5.69 Å². The Hall–Kier alpha value is -3.10. The van der Waals surface area contributed by atoms with E-state index >= 15 is 0 Å². The van der Waals surface area contributed by atoms with Gasteiger partial charge >= 0.3 is 0 Å². The van der Waals surface area contributed by atoms with Crippen LogP contribution >= 0.6 is 23.2 Å². The zero-order chi connectivity index (χ0) is 30.2. The van der Waals surface area contributed by atoms with E-state index in [1.807, 2.05) is 59.5 Å². The van der Waals surface area contributed by atoms with Crippen molar-refractivity contribution >= 4 is 40.7 Å². The normalized spacial score (nSPS) is 16.8. The number of halogens is 2. The highest BCUT2D eigenvalue weighted by Gasteiger charge is 2.41. The number of rotatable bonds is 14. The lowest BCUT2D eigenvalue weighted by Gasteiger charge is -2.38. The molecule has 0 bridgehead atoms. The maximum Gasteiger partial charge on any atom is 0.247 e. The minimum absolute atomic E-state index is 0.0422. The molecule has 2 aliphatic rings. The summed E-state index contributed by atoms with van der Waals surface area (Å²) in [6.45, 7) is 5.54. The van der Waals surface area contributed by atoms with Crippen molar-refractivity contribution < 1.29 is 14.3 Å². The molecule has 2 fully saturated rings. The molecule has 0 radical (unpaired) electrons. The first-order valence-corrected chi connectivity index (χ1v) is 16.0. The van der Waals surface area contributed by atoms with Gasteiger partial charge in [0.15, 0.2) is 0 Å². The summed E-state index contributed by atoms with van der Waals surface area (Å²) < 4.78 is 5.81.